The molecule has 0 bridgehead atoms. The van der Waals surface area contributed by atoms with Crippen LogP contribution >= 0.6 is 0 Å². The highest BCUT2D eigenvalue weighted by molar-refractivity contribution is 5.99. The first-order valence-electron chi connectivity index (χ1n) is 15.3. The fourth-order valence-corrected chi connectivity index (χ4v) is 5.57. The maximum atomic E-state index is 13.1. The summed E-state index contributed by atoms with van der Waals surface area (Å²) in [4.78, 5) is 28.1. The fraction of sp³-hybridized carbons (Fsp3) is 0.361. The van der Waals surface area contributed by atoms with Gasteiger partial charge in [0.2, 0.25) is 0 Å². The van der Waals surface area contributed by atoms with Crippen molar-refractivity contribution in [3.05, 3.63) is 101 Å². The Bertz CT molecular complexity index is 1610. The third-order valence-electron chi connectivity index (χ3n) is 8.30. The van der Waals surface area contributed by atoms with Crippen LogP contribution in [0.3, 0.4) is 0 Å². The van der Waals surface area contributed by atoms with Gasteiger partial charge in [-0.25, -0.2) is 9.48 Å². The molecule has 1 aliphatic heterocycles. The molecule has 0 atom stereocenters. The molecule has 3 aromatic carbocycles. The predicted octanol–water partition coefficient (Wildman–Crippen LogP) is 7.53. The first-order valence-corrected chi connectivity index (χ1v) is 15.3. The van der Waals surface area contributed by atoms with Gasteiger partial charge in [-0.3, -0.25) is 10.1 Å². The molecule has 230 valence electrons. The molecule has 2 heterocycles. The summed E-state index contributed by atoms with van der Waals surface area (Å²) in [5, 5.41) is 10.7. The van der Waals surface area contributed by atoms with Crippen molar-refractivity contribution in [2.45, 2.75) is 59.3 Å². The second-order valence-corrected chi connectivity index (χ2v) is 12.8. The zero-order chi connectivity index (χ0) is 31.4. The number of benzene rings is 3. The van der Waals surface area contributed by atoms with Crippen molar-refractivity contribution in [1.29, 1.82) is 0 Å². The third kappa shape index (κ3) is 7.30. The minimum absolute atomic E-state index is 0.0915. The summed E-state index contributed by atoms with van der Waals surface area (Å²) in [6.07, 6.45) is 2.88. The predicted molar refractivity (Wildman–Crippen MR) is 176 cm³/mol. The number of anilines is 2. The molecule has 1 aliphatic rings. The lowest BCUT2D eigenvalue weighted by Crippen LogP contribution is -2.39. The van der Waals surface area contributed by atoms with E-state index in [4.69, 9.17) is 9.84 Å². The van der Waals surface area contributed by atoms with Gasteiger partial charge >= 0.3 is 6.03 Å². The number of rotatable bonds is 7. The maximum absolute atomic E-state index is 13.1. The number of nitrogens with one attached hydrogen (secondary N) is 2. The fourth-order valence-electron chi connectivity index (χ4n) is 5.57. The van der Waals surface area contributed by atoms with E-state index in [9.17, 15) is 9.59 Å². The number of piperidine rings is 1. The summed E-state index contributed by atoms with van der Waals surface area (Å²) in [6.45, 7) is 11.8. The summed E-state index contributed by atoms with van der Waals surface area (Å²) in [5.41, 5.74) is 6.39. The summed E-state index contributed by atoms with van der Waals surface area (Å²) < 4.78 is 7.06. The molecule has 8 heteroatoms. The second kappa shape index (κ2) is 13.0. The number of carbonyl (C=O) groups excluding carboxylic acids is 2. The molecule has 1 fully saturated rings. The molecule has 0 unspecified atom stereocenters. The minimum atomic E-state index is -0.324. The van der Waals surface area contributed by atoms with Crippen molar-refractivity contribution in [1.82, 2.24) is 14.7 Å². The van der Waals surface area contributed by atoms with Crippen molar-refractivity contribution in [3.63, 3.8) is 0 Å². The van der Waals surface area contributed by atoms with Crippen LogP contribution in [0.15, 0.2) is 72.8 Å². The van der Waals surface area contributed by atoms with Crippen molar-refractivity contribution in [2.24, 2.45) is 5.92 Å². The SMILES string of the molecule is COc1ccc(C(=O)N2CCC(Cc3ccc(NC(=O)Nc4cc(C(C)(C)C)nn4-c4ccc(C)cc4)cc3)CC2)c(C)c1. The number of hydrogen-bond donors (Lipinski definition) is 2. The van der Waals surface area contributed by atoms with Gasteiger partial charge in [0.25, 0.3) is 5.91 Å². The topological polar surface area (TPSA) is 88.5 Å². The quantitative estimate of drug-likeness (QED) is 0.232. The van der Waals surface area contributed by atoms with Gasteiger partial charge in [0.1, 0.15) is 11.6 Å². The number of nitrogens with zero attached hydrogens (tertiary/aromatic N) is 3. The maximum Gasteiger partial charge on any atom is 0.324 e. The van der Waals surface area contributed by atoms with E-state index in [2.05, 4.69) is 43.5 Å². The molecule has 0 aliphatic carbocycles. The highest BCUT2D eigenvalue weighted by Crippen LogP contribution is 2.28. The van der Waals surface area contributed by atoms with Crippen molar-refractivity contribution < 1.29 is 14.3 Å². The largest absolute Gasteiger partial charge is 0.497 e. The van der Waals surface area contributed by atoms with Gasteiger partial charge in [-0.05, 0) is 92.6 Å². The molecule has 0 spiro atoms. The van der Waals surface area contributed by atoms with E-state index in [1.165, 1.54) is 5.56 Å². The van der Waals surface area contributed by atoms with Crippen molar-refractivity contribution in [3.8, 4) is 11.4 Å². The highest BCUT2D eigenvalue weighted by atomic mass is 16.5. The Kier molecular flexibility index (Phi) is 9.09. The molecule has 0 saturated carbocycles. The van der Waals surface area contributed by atoms with Gasteiger partial charge in [0.05, 0.1) is 18.5 Å². The summed E-state index contributed by atoms with van der Waals surface area (Å²) in [6, 6.07) is 23.3. The monoisotopic (exact) mass is 593 g/mol. The molecule has 2 N–H and O–H groups in total. The van der Waals surface area contributed by atoms with Gasteiger partial charge in [-0.15, -0.1) is 0 Å². The Morgan fingerprint density at radius 3 is 2.20 bits per heavy atom. The number of carbonyl (C=O) groups is 2. The van der Waals surface area contributed by atoms with Crippen LogP contribution in [0.5, 0.6) is 5.75 Å². The first-order chi connectivity index (χ1) is 21.0. The van der Waals surface area contributed by atoms with Crippen LogP contribution in [-0.2, 0) is 11.8 Å². The molecule has 0 radical (unpaired) electrons. The van der Waals surface area contributed by atoms with Crippen molar-refractivity contribution >= 4 is 23.4 Å². The second-order valence-electron chi connectivity index (χ2n) is 12.8. The summed E-state index contributed by atoms with van der Waals surface area (Å²) in [7, 11) is 1.63. The lowest BCUT2D eigenvalue weighted by Gasteiger charge is -2.32. The molecule has 1 aromatic heterocycles. The van der Waals surface area contributed by atoms with E-state index in [0.717, 1.165) is 71.9 Å². The highest BCUT2D eigenvalue weighted by Gasteiger charge is 2.25. The van der Waals surface area contributed by atoms with Gasteiger partial charge in [-0.1, -0.05) is 50.6 Å². The molecule has 4 aromatic rings. The molecular weight excluding hydrogens is 550 g/mol. The zero-order valence-corrected chi connectivity index (χ0v) is 26.6. The Balaban J connectivity index is 1.15. The Morgan fingerprint density at radius 1 is 0.909 bits per heavy atom. The molecular formula is C36H43N5O3. The summed E-state index contributed by atoms with van der Waals surface area (Å²) in [5.74, 6) is 1.98. The zero-order valence-electron chi connectivity index (χ0n) is 26.6. The van der Waals surface area contributed by atoms with E-state index in [1.54, 1.807) is 11.8 Å². The lowest BCUT2D eigenvalue weighted by atomic mass is 9.89. The van der Waals surface area contributed by atoms with Gasteiger partial charge in [0.15, 0.2) is 0 Å². The lowest BCUT2D eigenvalue weighted by molar-refractivity contribution is 0.0689. The van der Waals surface area contributed by atoms with E-state index in [-0.39, 0.29) is 17.4 Å². The molecule has 3 amide bonds. The van der Waals surface area contributed by atoms with Crippen LogP contribution in [0.25, 0.3) is 5.69 Å². The number of hydrogen-bond acceptors (Lipinski definition) is 4. The van der Waals surface area contributed by atoms with Crippen LogP contribution in [0.1, 0.15) is 66.4 Å². The smallest absolute Gasteiger partial charge is 0.324 e. The number of likely N-dealkylation sites (tertiary alicyclic amines) is 1. The van der Waals surface area contributed by atoms with Crippen LogP contribution in [0.4, 0.5) is 16.3 Å². The Labute approximate surface area is 260 Å². The van der Waals surface area contributed by atoms with Gasteiger partial charge < -0.3 is 15.0 Å². The van der Waals surface area contributed by atoms with E-state index < -0.39 is 0 Å². The standard InChI is InChI=1S/C36H43N5O3/c1-24-7-13-29(14-8-24)41-33(23-32(39-41)36(3,4)5)38-35(43)37-28-11-9-26(10-12-28)22-27-17-19-40(20-18-27)34(42)31-16-15-30(44-6)21-25(31)2/h7-16,21,23,27H,17-20,22H2,1-6H3,(H2,37,38,43). The minimum Gasteiger partial charge on any atom is -0.497 e. The van der Waals surface area contributed by atoms with Gasteiger partial charge in [0, 0.05) is 35.8 Å². The van der Waals surface area contributed by atoms with Crippen LogP contribution in [-0.4, -0.2) is 46.8 Å². The van der Waals surface area contributed by atoms with E-state index in [0.29, 0.717) is 11.7 Å². The summed E-state index contributed by atoms with van der Waals surface area (Å²) >= 11 is 0. The van der Waals surface area contributed by atoms with Crippen LogP contribution in [0.2, 0.25) is 0 Å². The molecule has 44 heavy (non-hydrogen) atoms. The molecule has 8 nitrogen and oxygen atoms in total. The Morgan fingerprint density at radius 2 is 1.59 bits per heavy atom. The van der Waals surface area contributed by atoms with E-state index >= 15 is 0 Å². The number of methoxy groups -OCH3 is 1. The van der Waals surface area contributed by atoms with Crippen molar-refractivity contribution in [2.75, 3.05) is 30.8 Å². The number of ether oxygens (including phenoxy) is 1. The number of amides is 3. The average molecular weight is 594 g/mol. The van der Waals surface area contributed by atoms with E-state index in [1.807, 2.05) is 79.4 Å². The number of aromatic nitrogens is 2. The average Bonchev–Trinajstić information content (AvgIpc) is 3.43. The molecule has 5 rings (SSSR count). The van der Waals surface area contributed by atoms with Gasteiger partial charge in [-0.2, -0.15) is 5.10 Å². The van der Waals surface area contributed by atoms with Crippen LogP contribution < -0.4 is 15.4 Å². The number of urea groups is 1. The first kappa shape index (κ1) is 30.9. The Hall–Kier alpha value is -4.59. The third-order valence-corrected chi connectivity index (χ3v) is 8.30. The van der Waals surface area contributed by atoms with Crippen LogP contribution in [0, 0.1) is 19.8 Å². The molecule has 1 saturated heterocycles. The normalized spacial score (nSPS) is 13.9. The number of aryl methyl sites for hydroxylation is 2.